The Labute approximate surface area is 223 Å². The van der Waals surface area contributed by atoms with E-state index in [-0.39, 0.29) is 0 Å². The Hall–Kier alpha value is -3.83. The highest BCUT2D eigenvalue weighted by atomic mass is 32.2. The van der Waals surface area contributed by atoms with Crippen molar-refractivity contribution < 1.29 is 13.2 Å². The average molecular weight is 536 g/mol. The zero-order valence-corrected chi connectivity index (χ0v) is 22.9. The molecule has 0 amide bonds. The van der Waals surface area contributed by atoms with E-state index in [0.717, 1.165) is 60.7 Å². The first-order valence-electron chi connectivity index (χ1n) is 12.5. The average Bonchev–Trinajstić information content (AvgIpc) is 3.20. The molecule has 10 nitrogen and oxygen atoms in total. The van der Waals surface area contributed by atoms with E-state index in [9.17, 15) is 8.42 Å². The number of fused-ring (bicyclic) bond motifs is 1. The summed E-state index contributed by atoms with van der Waals surface area (Å²) in [6.45, 7) is 4.10. The van der Waals surface area contributed by atoms with Crippen LogP contribution in [0.3, 0.4) is 0 Å². The number of anilines is 4. The maximum atomic E-state index is 12.3. The lowest BCUT2D eigenvalue weighted by atomic mass is 10.1. The molecule has 2 aromatic carbocycles. The van der Waals surface area contributed by atoms with Crippen LogP contribution in [0.5, 0.6) is 5.75 Å². The molecular formula is C27H33N7O3S. The number of aromatic nitrogens is 3. The number of rotatable bonds is 7. The summed E-state index contributed by atoms with van der Waals surface area (Å²) in [6.07, 6.45) is 4.04. The van der Waals surface area contributed by atoms with E-state index in [1.807, 2.05) is 42.5 Å². The highest BCUT2D eigenvalue weighted by Crippen LogP contribution is 2.34. The van der Waals surface area contributed by atoms with Crippen molar-refractivity contribution in [3.05, 3.63) is 60.8 Å². The summed E-state index contributed by atoms with van der Waals surface area (Å²) in [5.74, 6) is 1.10. The Kier molecular flexibility index (Phi) is 7.13. The maximum Gasteiger partial charge on any atom is 0.245 e. The van der Waals surface area contributed by atoms with Gasteiger partial charge in [-0.3, -0.25) is 4.31 Å². The van der Waals surface area contributed by atoms with Crippen molar-refractivity contribution in [1.29, 1.82) is 0 Å². The summed E-state index contributed by atoms with van der Waals surface area (Å²) in [5, 5.41) is 8.03. The number of sulfonamides is 1. The minimum Gasteiger partial charge on any atom is -0.494 e. The Morgan fingerprint density at radius 3 is 2.63 bits per heavy atom. The van der Waals surface area contributed by atoms with Crippen LogP contribution in [0.25, 0.3) is 16.8 Å². The van der Waals surface area contributed by atoms with Crippen molar-refractivity contribution in [2.45, 2.75) is 6.42 Å². The van der Waals surface area contributed by atoms with E-state index in [1.165, 1.54) is 10.6 Å². The summed E-state index contributed by atoms with van der Waals surface area (Å²) < 4.78 is 33.3. The van der Waals surface area contributed by atoms with E-state index in [4.69, 9.17) is 9.84 Å². The van der Waals surface area contributed by atoms with E-state index < -0.39 is 10.0 Å². The van der Waals surface area contributed by atoms with Crippen molar-refractivity contribution in [3.63, 3.8) is 0 Å². The molecule has 11 heteroatoms. The summed E-state index contributed by atoms with van der Waals surface area (Å²) in [5.41, 5.74) is 4.74. The van der Waals surface area contributed by atoms with Gasteiger partial charge in [-0.1, -0.05) is 18.2 Å². The van der Waals surface area contributed by atoms with Crippen LogP contribution >= 0.6 is 0 Å². The molecule has 0 saturated carbocycles. The van der Waals surface area contributed by atoms with E-state index in [1.54, 1.807) is 30.9 Å². The van der Waals surface area contributed by atoms with Gasteiger partial charge in [0.1, 0.15) is 5.75 Å². The second-order valence-corrected chi connectivity index (χ2v) is 11.6. The topological polar surface area (TPSA) is 95.3 Å². The highest BCUT2D eigenvalue weighted by molar-refractivity contribution is 7.92. The van der Waals surface area contributed by atoms with Crippen LogP contribution < -0.4 is 19.3 Å². The van der Waals surface area contributed by atoms with Gasteiger partial charge in [-0.2, -0.15) is 0 Å². The summed E-state index contributed by atoms with van der Waals surface area (Å²) in [4.78, 5) is 9.23. The number of methoxy groups -OCH3 is 1. The lowest BCUT2D eigenvalue weighted by molar-refractivity contribution is 0.360. The van der Waals surface area contributed by atoms with Crippen LogP contribution in [0.2, 0.25) is 0 Å². The number of likely N-dealkylation sites (N-methyl/N-ethyl adjacent to an activating group) is 1. The Morgan fingerprint density at radius 2 is 1.84 bits per heavy atom. The SMILES string of the molecule is COc1cc(N2CCCN(C)CC2)ccc1Nc1ncc2ccc(-c3ccccc3N(C)S(C)(=O)=O)n2n1. The van der Waals surface area contributed by atoms with Crippen molar-refractivity contribution >= 4 is 38.6 Å². The predicted octanol–water partition coefficient (Wildman–Crippen LogP) is 3.69. The number of hydrogen-bond donors (Lipinski definition) is 1. The molecule has 1 saturated heterocycles. The van der Waals surface area contributed by atoms with Gasteiger partial charge in [0.2, 0.25) is 16.0 Å². The fourth-order valence-electron chi connectivity index (χ4n) is 4.71. The smallest absolute Gasteiger partial charge is 0.245 e. The molecule has 3 heterocycles. The maximum absolute atomic E-state index is 12.3. The molecule has 38 heavy (non-hydrogen) atoms. The standard InChI is InChI=1S/C27H33N7O3S/c1-31-14-7-15-33(17-16-31)20-10-12-23(26(18-20)37-3)29-27-28-19-21-11-13-25(34(21)30-27)22-8-5-6-9-24(22)32(2)38(4,35)36/h5-6,8-13,18-19H,7,14-17H2,1-4H3,(H,29,30). The molecule has 1 N–H and O–H groups in total. The monoisotopic (exact) mass is 535 g/mol. The number of nitrogens with zero attached hydrogens (tertiary/aromatic N) is 6. The Bertz CT molecular complexity index is 1550. The Morgan fingerprint density at radius 1 is 1.03 bits per heavy atom. The normalized spacial score (nSPS) is 14.9. The summed E-state index contributed by atoms with van der Waals surface area (Å²) in [7, 11) is 1.93. The second kappa shape index (κ2) is 10.5. The minimum atomic E-state index is -3.44. The van der Waals surface area contributed by atoms with Gasteiger partial charge in [0.15, 0.2) is 0 Å². The number of ether oxygens (including phenoxy) is 1. The minimum absolute atomic E-state index is 0.395. The summed E-state index contributed by atoms with van der Waals surface area (Å²) >= 11 is 0. The van der Waals surface area contributed by atoms with E-state index in [0.29, 0.717) is 17.4 Å². The number of hydrogen-bond acceptors (Lipinski definition) is 8. The van der Waals surface area contributed by atoms with Gasteiger partial charge in [0.25, 0.3) is 0 Å². The first-order valence-corrected chi connectivity index (χ1v) is 14.4. The van der Waals surface area contributed by atoms with Gasteiger partial charge in [-0.05, 0) is 50.3 Å². The third-order valence-corrected chi connectivity index (χ3v) is 8.12. The molecular weight excluding hydrogens is 502 g/mol. The van der Waals surface area contributed by atoms with Gasteiger partial charge in [-0.15, -0.1) is 5.10 Å². The van der Waals surface area contributed by atoms with Crippen molar-refractivity contribution in [3.8, 4) is 17.0 Å². The molecule has 1 fully saturated rings. The number of para-hydroxylation sites is 1. The van der Waals surface area contributed by atoms with Gasteiger partial charge < -0.3 is 19.9 Å². The lowest BCUT2D eigenvalue weighted by Gasteiger charge is -2.24. The first-order chi connectivity index (χ1) is 18.2. The zero-order valence-electron chi connectivity index (χ0n) is 22.1. The fraction of sp³-hybridized carbons (Fsp3) is 0.333. The van der Waals surface area contributed by atoms with Crippen LogP contribution in [0, 0.1) is 0 Å². The number of nitrogens with one attached hydrogen (secondary N) is 1. The molecule has 0 atom stereocenters. The molecule has 2 aromatic heterocycles. The van der Waals surface area contributed by atoms with Gasteiger partial charge in [-0.25, -0.2) is 17.9 Å². The molecule has 5 rings (SSSR count). The van der Waals surface area contributed by atoms with Gasteiger partial charge >= 0.3 is 0 Å². The van der Waals surface area contributed by atoms with Crippen LogP contribution in [0.1, 0.15) is 6.42 Å². The molecule has 1 aliphatic rings. The van der Waals surface area contributed by atoms with Crippen LogP contribution in [-0.4, -0.2) is 81.6 Å². The zero-order chi connectivity index (χ0) is 26.9. The first kappa shape index (κ1) is 25.8. The van der Waals surface area contributed by atoms with Crippen LogP contribution in [-0.2, 0) is 10.0 Å². The largest absolute Gasteiger partial charge is 0.494 e. The van der Waals surface area contributed by atoms with Gasteiger partial charge in [0.05, 0.1) is 42.1 Å². The molecule has 0 radical (unpaired) electrons. The lowest BCUT2D eigenvalue weighted by Crippen LogP contribution is -2.28. The van der Waals surface area contributed by atoms with E-state index in [2.05, 4.69) is 33.2 Å². The third kappa shape index (κ3) is 5.25. The quantitative estimate of drug-likeness (QED) is 0.383. The van der Waals surface area contributed by atoms with E-state index >= 15 is 0 Å². The third-order valence-electron chi connectivity index (χ3n) is 6.93. The van der Waals surface area contributed by atoms with Crippen LogP contribution in [0.4, 0.5) is 23.0 Å². The van der Waals surface area contributed by atoms with Crippen molar-refractivity contribution in [2.75, 3.05) is 68.2 Å². The molecule has 4 aromatic rings. The fourth-order valence-corrected chi connectivity index (χ4v) is 5.23. The molecule has 0 unspecified atom stereocenters. The molecule has 0 aliphatic carbocycles. The van der Waals surface area contributed by atoms with Crippen LogP contribution in [0.15, 0.2) is 60.8 Å². The molecule has 1 aliphatic heterocycles. The van der Waals surface area contributed by atoms with Crippen molar-refractivity contribution in [1.82, 2.24) is 19.5 Å². The number of benzene rings is 2. The molecule has 0 bridgehead atoms. The second-order valence-electron chi connectivity index (χ2n) is 9.54. The summed E-state index contributed by atoms with van der Waals surface area (Å²) in [6, 6.07) is 17.3. The van der Waals surface area contributed by atoms with Crippen molar-refractivity contribution in [2.24, 2.45) is 0 Å². The predicted molar refractivity (Wildman–Crippen MR) is 152 cm³/mol. The molecule has 0 spiro atoms. The Balaban J connectivity index is 1.46. The highest BCUT2D eigenvalue weighted by Gasteiger charge is 2.19. The van der Waals surface area contributed by atoms with Gasteiger partial charge in [0, 0.05) is 44.0 Å². The molecule has 200 valence electrons.